The van der Waals surface area contributed by atoms with E-state index in [1.54, 1.807) is 0 Å². The number of thioether (sulfide) groups is 1. The largest absolute Gasteiger partial charge is 0.383 e. The van der Waals surface area contributed by atoms with Gasteiger partial charge in [0.05, 0.1) is 22.6 Å². The topological polar surface area (TPSA) is 116 Å². The molecular formula is C15H9ClFN5OS. The summed E-state index contributed by atoms with van der Waals surface area (Å²) in [7, 11) is 0. The van der Waals surface area contributed by atoms with E-state index in [0.717, 1.165) is 17.8 Å². The van der Waals surface area contributed by atoms with Crippen molar-refractivity contribution in [1.29, 1.82) is 10.5 Å². The van der Waals surface area contributed by atoms with Crippen molar-refractivity contribution >= 4 is 40.8 Å². The Kier molecular flexibility index (Phi) is 5.59. The zero-order chi connectivity index (χ0) is 17.7. The summed E-state index contributed by atoms with van der Waals surface area (Å²) in [5.74, 6) is -1.29. The molecule has 3 N–H and O–H groups in total. The molecule has 0 aliphatic carbocycles. The van der Waals surface area contributed by atoms with Crippen LogP contribution in [0.25, 0.3) is 0 Å². The van der Waals surface area contributed by atoms with Gasteiger partial charge >= 0.3 is 0 Å². The first-order valence-corrected chi connectivity index (χ1v) is 7.79. The molecule has 24 heavy (non-hydrogen) atoms. The van der Waals surface area contributed by atoms with Crippen LogP contribution in [0.5, 0.6) is 0 Å². The van der Waals surface area contributed by atoms with Gasteiger partial charge in [-0.3, -0.25) is 4.79 Å². The molecule has 0 radical (unpaired) electrons. The molecule has 0 atom stereocenters. The van der Waals surface area contributed by atoms with Crippen LogP contribution >= 0.6 is 23.4 Å². The van der Waals surface area contributed by atoms with Gasteiger partial charge in [-0.2, -0.15) is 10.5 Å². The van der Waals surface area contributed by atoms with Crippen molar-refractivity contribution in [2.75, 3.05) is 16.8 Å². The van der Waals surface area contributed by atoms with Crippen molar-refractivity contribution in [2.24, 2.45) is 0 Å². The molecule has 0 aliphatic rings. The van der Waals surface area contributed by atoms with Gasteiger partial charge in [-0.15, -0.1) is 0 Å². The summed E-state index contributed by atoms with van der Waals surface area (Å²) in [6, 6.07) is 8.90. The van der Waals surface area contributed by atoms with Crippen LogP contribution in [-0.2, 0) is 4.79 Å². The smallest absolute Gasteiger partial charge is 0.234 e. The third kappa shape index (κ3) is 4.13. The Bertz CT molecular complexity index is 891. The van der Waals surface area contributed by atoms with Gasteiger partial charge in [0.25, 0.3) is 0 Å². The average Bonchev–Trinajstić information content (AvgIpc) is 2.55. The Morgan fingerprint density at radius 1 is 1.33 bits per heavy atom. The lowest BCUT2D eigenvalue weighted by atomic mass is 10.2. The van der Waals surface area contributed by atoms with E-state index < -0.39 is 11.7 Å². The second-order valence-electron chi connectivity index (χ2n) is 4.46. The van der Waals surface area contributed by atoms with Crippen molar-refractivity contribution in [3.63, 3.8) is 0 Å². The van der Waals surface area contributed by atoms with Gasteiger partial charge in [0.15, 0.2) is 0 Å². The Hall–Kier alpha value is -2.81. The molecule has 1 amide bonds. The van der Waals surface area contributed by atoms with E-state index in [1.807, 2.05) is 12.1 Å². The van der Waals surface area contributed by atoms with E-state index >= 15 is 0 Å². The first kappa shape index (κ1) is 17.5. The fourth-order valence-corrected chi connectivity index (χ4v) is 2.62. The zero-order valence-electron chi connectivity index (χ0n) is 12.0. The van der Waals surface area contributed by atoms with Crippen LogP contribution in [0.3, 0.4) is 0 Å². The molecule has 0 spiro atoms. The number of benzene rings is 1. The number of amides is 1. The molecule has 0 unspecified atom stereocenters. The SMILES string of the molecule is N#Cc1cc(C#N)c(SCC(=O)Nc2ccc(Cl)cc2F)nc1N. The van der Waals surface area contributed by atoms with Crippen molar-refractivity contribution < 1.29 is 9.18 Å². The summed E-state index contributed by atoms with van der Waals surface area (Å²) in [4.78, 5) is 15.9. The van der Waals surface area contributed by atoms with Gasteiger partial charge in [-0.1, -0.05) is 23.4 Å². The highest BCUT2D eigenvalue weighted by atomic mass is 35.5. The number of carbonyl (C=O) groups excluding carboxylic acids is 1. The van der Waals surface area contributed by atoms with Crippen molar-refractivity contribution in [3.05, 3.63) is 46.2 Å². The number of aromatic nitrogens is 1. The third-order valence-electron chi connectivity index (χ3n) is 2.80. The number of halogens is 2. The molecule has 2 rings (SSSR count). The molecule has 0 saturated heterocycles. The predicted molar refractivity (Wildman–Crippen MR) is 88.8 cm³/mol. The van der Waals surface area contributed by atoms with Crippen LogP contribution in [0.4, 0.5) is 15.9 Å². The first-order chi connectivity index (χ1) is 11.4. The minimum atomic E-state index is -0.653. The minimum Gasteiger partial charge on any atom is -0.383 e. The lowest BCUT2D eigenvalue weighted by molar-refractivity contribution is -0.113. The normalized spacial score (nSPS) is 9.83. The molecule has 1 aromatic carbocycles. The van der Waals surface area contributed by atoms with E-state index in [0.29, 0.717) is 0 Å². The Morgan fingerprint density at radius 2 is 2.04 bits per heavy atom. The van der Waals surface area contributed by atoms with Crippen LogP contribution in [-0.4, -0.2) is 16.6 Å². The lowest BCUT2D eigenvalue weighted by Gasteiger charge is -2.08. The first-order valence-electron chi connectivity index (χ1n) is 6.43. The summed E-state index contributed by atoms with van der Waals surface area (Å²) in [5, 5.41) is 20.8. The van der Waals surface area contributed by atoms with Gasteiger partial charge in [0, 0.05) is 5.02 Å². The number of nitrogens with zero attached hydrogens (tertiary/aromatic N) is 3. The van der Waals surface area contributed by atoms with E-state index in [4.69, 9.17) is 27.9 Å². The van der Waals surface area contributed by atoms with Crippen molar-refractivity contribution in [2.45, 2.75) is 5.03 Å². The minimum absolute atomic E-state index is 0.00203. The summed E-state index contributed by atoms with van der Waals surface area (Å²) >= 11 is 6.59. The number of rotatable bonds is 4. The van der Waals surface area contributed by atoms with Crippen LogP contribution < -0.4 is 11.1 Å². The fraction of sp³-hybridized carbons (Fsp3) is 0.0667. The average molecular weight is 362 g/mol. The second-order valence-corrected chi connectivity index (χ2v) is 5.86. The molecular weight excluding hydrogens is 353 g/mol. The number of nitrogens with one attached hydrogen (secondary N) is 1. The van der Waals surface area contributed by atoms with Gasteiger partial charge in [0.2, 0.25) is 5.91 Å². The van der Waals surface area contributed by atoms with Crippen LogP contribution in [0.15, 0.2) is 29.3 Å². The maximum atomic E-state index is 13.6. The number of hydrogen-bond acceptors (Lipinski definition) is 6. The second kappa shape index (κ2) is 7.64. The Morgan fingerprint density at radius 3 is 2.67 bits per heavy atom. The number of nitrogens with two attached hydrogens (primary N) is 1. The molecule has 0 bridgehead atoms. The fourth-order valence-electron chi connectivity index (χ4n) is 1.70. The molecule has 9 heteroatoms. The monoisotopic (exact) mass is 361 g/mol. The summed E-state index contributed by atoms with van der Waals surface area (Å²) in [6.45, 7) is 0. The van der Waals surface area contributed by atoms with E-state index in [1.165, 1.54) is 18.2 Å². The number of nitriles is 2. The van der Waals surface area contributed by atoms with Crippen molar-refractivity contribution in [1.82, 2.24) is 4.98 Å². The standard InChI is InChI=1S/C15H9ClFN5OS/c16-10-1-2-12(11(17)4-10)21-13(23)7-24-15-9(6-19)3-8(5-18)14(20)22-15/h1-4H,7H2,(H2,20,22)(H,21,23). The molecule has 120 valence electrons. The number of anilines is 2. The summed E-state index contributed by atoms with van der Waals surface area (Å²) in [6.07, 6.45) is 0. The molecule has 1 aromatic heterocycles. The lowest BCUT2D eigenvalue weighted by Crippen LogP contribution is -2.15. The molecule has 1 heterocycles. The summed E-state index contributed by atoms with van der Waals surface area (Å²) < 4.78 is 13.6. The van der Waals surface area contributed by atoms with E-state index in [2.05, 4.69) is 10.3 Å². The number of carbonyl (C=O) groups is 1. The third-order valence-corrected chi connectivity index (χ3v) is 4.03. The molecule has 2 aromatic rings. The maximum Gasteiger partial charge on any atom is 0.234 e. The molecule has 0 fully saturated rings. The highest BCUT2D eigenvalue weighted by Gasteiger charge is 2.13. The Balaban J connectivity index is 2.08. The highest BCUT2D eigenvalue weighted by molar-refractivity contribution is 8.00. The quantitative estimate of drug-likeness (QED) is 0.809. The molecule has 0 saturated carbocycles. The van der Waals surface area contributed by atoms with Gasteiger partial charge in [-0.25, -0.2) is 9.37 Å². The number of hydrogen-bond donors (Lipinski definition) is 2. The van der Waals surface area contributed by atoms with Crippen molar-refractivity contribution in [3.8, 4) is 12.1 Å². The zero-order valence-corrected chi connectivity index (χ0v) is 13.6. The van der Waals surface area contributed by atoms with Crippen LogP contribution in [0.1, 0.15) is 11.1 Å². The number of nitrogen functional groups attached to an aromatic ring is 1. The highest BCUT2D eigenvalue weighted by Crippen LogP contribution is 2.24. The number of pyridine rings is 1. The van der Waals surface area contributed by atoms with Gasteiger partial charge in [-0.05, 0) is 24.3 Å². The maximum absolute atomic E-state index is 13.6. The summed E-state index contributed by atoms with van der Waals surface area (Å²) in [5.41, 5.74) is 5.82. The van der Waals surface area contributed by atoms with Crippen LogP contribution in [0.2, 0.25) is 5.02 Å². The molecule has 6 nitrogen and oxygen atoms in total. The predicted octanol–water partition coefficient (Wildman–Crippen LogP) is 2.93. The molecule has 0 aliphatic heterocycles. The van der Waals surface area contributed by atoms with E-state index in [9.17, 15) is 9.18 Å². The van der Waals surface area contributed by atoms with Gasteiger partial charge < -0.3 is 11.1 Å². The Labute approximate surface area is 146 Å². The van der Waals surface area contributed by atoms with Gasteiger partial charge in [0.1, 0.15) is 28.8 Å². The van der Waals surface area contributed by atoms with E-state index in [-0.39, 0.29) is 38.4 Å². The van der Waals surface area contributed by atoms with Crippen LogP contribution in [0, 0.1) is 28.5 Å².